The monoisotopic (exact) mass is 799 g/mol. The van der Waals surface area contributed by atoms with E-state index >= 15 is 0 Å². The maximum Gasteiger partial charge on any atom is 0.340 e. The molecule has 0 saturated heterocycles. The molecule has 0 radical (unpaired) electrons. The van der Waals surface area contributed by atoms with Crippen LogP contribution in [0.4, 0.5) is 0 Å². The van der Waals surface area contributed by atoms with Crippen molar-refractivity contribution in [2.24, 2.45) is 11.8 Å². The minimum Gasteiger partial charge on any atom is -0.744 e. The zero-order valence-corrected chi connectivity index (χ0v) is 21.5. The van der Waals surface area contributed by atoms with Crippen molar-refractivity contribution >= 4 is 106 Å². The lowest BCUT2D eigenvalue weighted by atomic mass is 9.98. The minimum atomic E-state index is -4.79. The molecule has 5 nitrogen and oxygen atoms in total. The molecule has 1 aromatic carbocycles. The van der Waals surface area contributed by atoms with Gasteiger partial charge in [0.15, 0.2) is 0 Å². The average Bonchev–Trinajstić information content (AvgIpc) is 3.09. The van der Waals surface area contributed by atoms with Gasteiger partial charge in [-0.25, -0.2) is 13.2 Å². The molecule has 132 valence electrons. The molecule has 0 amide bonds. The van der Waals surface area contributed by atoms with Gasteiger partial charge in [-0.15, -0.1) is 0 Å². The maximum atomic E-state index is 12.7. The molecule has 0 aromatic heterocycles. The lowest BCUT2D eigenvalue weighted by molar-refractivity contribution is 0.0152. The van der Waals surface area contributed by atoms with Crippen LogP contribution in [0.25, 0.3) is 0 Å². The molecule has 2 aliphatic carbocycles. The molecule has 0 N–H and O–H groups in total. The number of halogens is 4. The Hall–Kier alpha value is 1.52. The van der Waals surface area contributed by atoms with Gasteiger partial charge in [0.25, 0.3) is 0 Å². The van der Waals surface area contributed by atoms with E-state index in [0.29, 0.717) is 19.0 Å². The first kappa shape index (κ1) is 20.3. The molecule has 3 atom stereocenters. The van der Waals surface area contributed by atoms with Crippen molar-refractivity contribution < 1.29 is 22.5 Å². The molecular formula is C14H11I4O5S-. The van der Waals surface area contributed by atoms with E-state index in [1.54, 1.807) is 0 Å². The highest BCUT2D eigenvalue weighted by Gasteiger charge is 2.42. The van der Waals surface area contributed by atoms with E-state index in [0.717, 1.165) is 22.8 Å². The van der Waals surface area contributed by atoms with Gasteiger partial charge in [-0.3, -0.25) is 0 Å². The number of benzene rings is 1. The van der Waals surface area contributed by atoms with E-state index < -0.39 is 21.0 Å². The van der Waals surface area contributed by atoms with Crippen molar-refractivity contribution in [2.45, 2.75) is 36.7 Å². The highest BCUT2D eigenvalue weighted by molar-refractivity contribution is 14.1. The topological polar surface area (TPSA) is 83.5 Å². The van der Waals surface area contributed by atoms with Crippen LogP contribution in [0.5, 0.6) is 0 Å². The van der Waals surface area contributed by atoms with Gasteiger partial charge in [-0.05, 0) is 128 Å². The minimum absolute atomic E-state index is 0.109. The molecule has 2 bridgehead atoms. The van der Waals surface area contributed by atoms with Crippen LogP contribution in [-0.4, -0.2) is 25.0 Å². The number of ether oxygens (including phenoxy) is 1. The number of hydrogen-bond acceptors (Lipinski definition) is 5. The predicted octanol–water partition coefficient (Wildman–Crippen LogP) is 4.35. The van der Waals surface area contributed by atoms with Gasteiger partial charge < -0.3 is 9.29 Å². The average molecular weight is 799 g/mol. The summed E-state index contributed by atoms with van der Waals surface area (Å²) in [6.45, 7) is 0. The summed E-state index contributed by atoms with van der Waals surface area (Å²) in [6, 6.07) is 0. The Kier molecular flexibility index (Phi) is 6.33. The van der Waals surface area contributed by atoms with E-state index in [4.69, 9.17) is 4.74 Å². The summed E-state index contributed by atoms with van der Waals surface area (Å²) in [5.74, 6) is 0.274. The molecule has 24 heavy (non-hydrogen) atoms. The second-order valence-corrected chi connectivity index (χ2v) is 11.7. The zero-order valence-electron chi connectivity index (χ0n) is 12.0. The summed E-state index contributed by atoms with van der Waals surface area (Å²) in [4.78, 5) is 12.3. The van der Waals surface area contributed by atoms with E-state index in [-0.39, 0.29) is 15.2 Å². The second kappa shape index (κ2) is 7.50. The van der Waals surface area contributed by atoms with Gasteiger partial charge >= 0.3 is 5.97 Å². The van der Waals surface area contributed by atoms with Crippen LogP contribution < -0.4 is 0 Å². The molecule has 2 saturated carbocycles. The Morgan fingerprint density at radius 2 is 1.62 bits per heavy atom. The Morgan fingerprint density at radius 1 is 1.00 bits per heavy atom. The van der Waals surface area contributed by atoms with Crippen LogP contribution in [0.15, 0.2) is 4.90 Å². The molecule has 1 aromatic rings. The first-order valence-electron chi connectivity index (χ1n) is 7.14. The second-order valence-electron chi connectivity index (χ2n) is 6.03. The maximum absolute atomic E-state index is 12.7. The van der Waals surface area contributed by atoms with E-state index in [1.165, 1.54) is 6.42 Å². The normalized spacial score (nSPS) is 26.0. The zero-order chi connectivity index (χ0) is 17.8. The Morgan fingerprint density at radius 3 is 2.12 bits per heavy atom. The van der Waals surface area contributed by atoms with Crippen LogP contribution in [0.3, 0.4) is 0 Å². The van der Waals surface area contributed by atoms with Crippen molar-refractivity contribution in [3.05, 3.63) is 19.8 Å². The van der Waals surface area contributed by atoms with E-state index in [2.05, 4.69) is 22.6 Å². The summed E-state index contributed by atoms with van der Waals surface area (Å²) in [6.07, 6.45) is 3.97. The first-order valence-corrected chi connectivity index (χ1v) is 12.9. The molecule has 2 aliphatic rings. The first-order chi connectivity index (χ1) is 11.1. The van der Waals surface area contributed by atoms with Crippen LogP contribution in [0.1, 0.15) is 36.0 Å². The molecule has 0 aliphatic heterocycles. The van der Waals surface area contributed by atoms with Gasteiger partial charge in [0.05, 0.1) is 10.5 Å². The summed E-state index contributed by atoms with van der Waals surface area (Å²) >= 11 is 7.78. The summed E-state index contributed by atoms with van der Waals surface area (Å²) in [5.41, 5.74) is -0.109. The van der Waals surface area contributed by atoms with Crippen LogP contribution in [0.2, 0.25) is 0 Å². The summed E-state index contributed by atoms with van der Waals surface area (Å²) < 4.78 is 43.1. The van der Waals surface area contributed by atoms with E-state index in [9.17, 15) is 17.8 Å². The third kappa shape index (κ3) is 3.73. The van der Waals surface area contributed by atoms with Gasteiger partial charge in [0.2, 0.25) is 0 Å². The Labute approximate surface area is 194 Å². The van der Waals surface area contributed by atoms with Crippen LogP contribution in [0, 0.1) is 26.1 Å². The smallest absolute Gasteiger partial charge is 0.340 e. The number of carbonyl (C=O) groups is 1. The van der Waals surface area contributed by atoms with Crippen molar-refractivity contribution in [2.75, 3.05) is 0 Å². The lowest BCUT2D eigenvalue weighted by Crippen LogP contribution is -2.26. The van der Waals surface area contributed by atoms with Crippen LogP contribution in [-0.2, 0) is 14.9 Å². The Bertz CT molecular complexity index is 823. The number of rotatable bonds is 3. The highest BCUT2D eigenvalue weighted by atomic mass is 127. The number of fused-ring (bicyclic) bond motifs is 2. The summed E-state index contributed by atoms with van der Waals surface area (Å²) in [7, 11) is -4.79. The highest BCUT2D eigenvalue weighted by Crippen LogP contribution is 2.46. The fourth-order valence-corrected chi connectivity index (χ4v) is 8.90. The number of esters is 1. The number of hydrogen-bond donors (Lipinski definition) is 0. The number of carbonyl (C=O) groups excluding carboxylic acids is 1. The largest absolute Gasteiger partial charge is 0.744 e. The third-order valence-corrected chi connectivity index (χ3v) is 13.3. The third-order valence-electron chi connectivity index (χ3n) is 4.61. The molecule has 3 unspecified atom stereocenters. The van der Waals surface area contributed by atoms with Crippen LogP contribution >= 0.6 is 90.4 Å². The van der Waals surface area contributed by atoms with Gasteiger partial charge in [-0.1, -0.05) is 0 Å². The lowest BCUT2D eigenvalue weighted by Gasteiger charge is -2.24. The van der Waals surface area contributed by atoms with E-state index in [1.807, 2.05) is 67.8 Å². The predicted molar refractivity (Wildman–Crippen MR) is 120 cm³/mol. The summed E-state index contributed by atoms with van der Waals surface area (Å²) in [5, 5.41) is 0. The molecule has 0 spiro atoms. The van der Waals surface area contributed by atoms with Gasteiger partial charge in [0, 0.05) is 14.3 Å². The molecule has 2 fully saturated rings. The molecule has 3 rings (SSSR count). The van der Waals surface area contributed by atoms with Gasteiger partial charge in [0.1, 0.15) is 16.2 Å². The van der Waals surface area contributed by atoms with Crippen molar-refractivity contribution in [3.8, 4) is 0 Å². The fraction of sp³-hybridized carbons (Fsp3) is 0.500. The molecule has 10 heteroatoms. The quantitative estimate of drug-likeness (QED) is 0.150. The van der Waals surface area contributed by atoms with Crippen molar-refractivity contribution in [1.82, 2.24) is 0 Å². The SMILES string of the molecule is O=C(OC1CC2CCC1C2)c1c(I)c(I)c(I)c(I)c1S(=O)(=O)[O-]. The Balaban J connectivity index is 2.04. The van der Waals surface area contributed by atoms with Gasteiger partial charge in [-0.2, -0.15) is 0 Å². The fourth-order valence-electron chi connectivity index (χ4n) is 3.56. The molecular weight excluding hydrogens is 788 g/mol. The van der Waals surface area contributed by atoms with Crippen molar-refractivity contribution in [1.29, 1.82) is 0 Å². The van der Waals surface area contributed by atoms with Crippen molar-refractivity contribution in [3.63, 3.8) is 0 Å². The standard InChI is InChI=1S/C14H12I4O5S/c15-9-8(13(24(20,21)22)12(18)11(17)10(9)16)14(19)23-7-4-5-1-2-6(7)3-5/h5-7H,1-4H2,(H,20,21,22)/p-1. The molecule has 0 heterocycles.